The number of aryl methyl sites for hydroxylation is 1. The van der Waals surface area contributed by atoms with Gasteiger partial charge in [-0.15, -0.1) is 0 Å². The average Bonchev–Trinajstić information content (AvgIpc) is 3.53. The average molecular weight is 482 g/mol. The number of aromatic amines is 1. The molecular weight excluding hydrogens is 454 g/mol. The van der Waals surface area contributed by atoms with Crippen molar-refractivity contribution >= 4 is 31.6 Å². The Morgan fingerprint density at radius 1 is 0.943 bits per heavy atom. The van der Waals surface area contributed by atoms with Gasteiger partial charge in [-0.1, -0.05) is 30.3 Å². The van der Waals surface area contributed by atoms with Gasteiger partial charge in [-0.2, -0.15) is 0 Å². The summed E-state index contributed by atoms with van der Waals surface area (Å²) in [5.74, 6) is 0. The van der Waals surface area contributed by atoms with Gasteiger partial charge in [0.15, 0.2) is 0 Å². The molecule has 0 aliphatic carbocycles. The van der Waals surface area contributed by atoms with Gasteiger partial charge in [-0.25, -0.2) is 8.42 Å². The molecule has 0 saturated carbocycles. The maximum Gasteiger partial charge on any atom is 0.206 e. The molecule has 4 heterocycles. The van der Waals surface area contributed by atoms with Crippen molar-refractivity contribution in [2.75, 3.05) is 0 Å². The number of nitrogens with one attached hydrogen (secondary N) is 1. The first-order valence-corrected chi connectivity index (χ1v) is 13.7. The van der Waals surface area contributed by atoms with Crippen LogP contribution in [0.25, 0.3) is 21.8 Å². The Morgan fingerprint density at radius 3 is 2.60 bits per heavy atom. The zero-order valence-corrected chi connectivity index (χ0v) is 20.4. The highest BCUT2D eigenvalue weighted by atomic mass is 32.2. The van der Waals surface area contributed by atoms with Crippen LogP contribution in [-0.4, -0.2) is 28.9 Å². The van der Waals surface area contributed by atoms with Crippen molar-refractivity contribution in [1.29, 1.82) is 0 Å². The Kier molecular flexibility index (Phi) is 4.54. The minimum Gasteiger partial charge on any atom is -0.361 e. The van der Waals surface area contributed by atoms with E-state index in [0.717, 1.165) is 41.2 Å². The summed E-state index contributed by atoms with van der Waals surface area (Å²) in [4.78, 5) is 6.47. The zero-order chi connectivity index (χ0) is 23.7. The Morgan fingerprint density at radius 2 is 1.74 bits per heavy atom. The van der Waals surface area contributed by atoms with Crippen molar-refractivity contribution in [2.45, 2.75) is 47.7 Å². The quantitative estimate of drug-likeness (QED) is 0.355. The van der Waals surface area contributed by atoms with Crippen LogP contribution >= 0.6 is 0 Å². The van der Waals surface area contributed by atoms with Crippen LogP contribution in [0.3, 0.4) is 0 Å². The molecule has 1 N–H and O–H groups in total. The van der Waals surface area contributed by atoms with Crippen molar-refractivity contribution in [3.8, 4) is 0 Å². The van der Waals surface area contributed by atoms with E-state index in [2.05, 4.69) is 51.8 Å². The van der Waals surface area contributed by atoms with Crippen molar-refractivity contribution in [1.82, 2.24) is 14.5 Å². The number of hydrogen-bond donors (Lipinski definition) is 1. The molecule has 5 nitrogen and oxygen atoms in total. The Bertz CT molecular complexity index is 1700. The molecule has 2 aromatic heterocycles. The van der Waals surface area contributed by atoms with E-state index < -0.39 is 9.84 Å². The summed E-state index contributed by atoms with van der Waals surface area (Å²) in [6.07, 6.45) is 5.14. The van der Waals surface area contributed by atoms with Gasteiger partial charge >= 0.3 is 0 Å². The highest BCUT2D eigenvalue weighted by Gasteiger charge is 2.42. The number of rotatable bonds is 4. The van der Waals surface area contributed by atoms with Crippen LogP contribution in [0.2, 0.25) is 0 Å². The fraction of sp³-hybridized carbons (Fsp3) is 0.241. The molecule has 35 heavy (non-hydrogen) atoms. The van der Waals surface area contributed by atoms with Crippen molar-refractivity contribution in [3.05, 3.63) is 95.8 Å². The maximum atomic E-state index is 13.7. The van der Waals surface area contributed by atoms with Crippen LogP contribution in [0.1, 0.15) is 35.7 Å². The largest absolute Gasteiger partial charge is 0.361 e. The van der Waals surface area contributed by atoms with Crippen LogP contribution in [-0.2, 0) is 29.9 Å². The van der Waals surface area contributed by atoms with E-state index in [-0.39, 0.29) is 0 Å². The lowest BCUT2D eigenvalue weighted by Gasteiger charge is -2.35. The van der Waals surface area contributed by atoms with Gasteiger partial charge in [0.2, 0.25) is 9.84 Å². The second kappa shape index (κ2) is 7.57. The minimum atomic E-state index is -3.63. The van der Waals surface area contributed by atoms with Crippen LogP contribution < -0.4 is 0 Å². The fourth-order valence-corrected chi connectivity index (χ4v) is 7.67. The summed E-state index contributed by atoms with van der Waals surface area (Å²) in [5, 5.41) is 1.98. The van der Waals surface area contributed by atoms with Gasteiger partial charge in [-0.05, 0) is 66.4 Å². The molecule has 0 spiro atoms. The molecule has 5 aromatic rings. The molecule has 2 aliphatic rings. The van der Waals surface area contributed by atoms with Gasteiger partial charge in [0.25, 0.3) is 0 Å². The number of nitrogens with zero attached hydrogens (tertiary/aromatic N) is 2. The summed E-state index contributed by atoms with van der Waals surface area (Å²) in [6, 6.07) is 24.4. The summed E-state index contributed by atoms with van der Waals surface area (Å²) >= 11 is 0. The van der Waals surface area contributed by atoms with Crippen molar-refractivity contribution in [3.63, 3.8) is 0 Å². The standard InChI is InChI=1S/C29H27N3O2S/c1-31-26-12-9-23(35(33,34)22-8-10-25-20(15-22)13-14-30-25)17-24(26)29-27-11-7-21(16-28(29)31)32(27)18-19-5-3-2-4-6-19/h2-6,8-10,12-15,17,21,27,30H,7,11,16,18H2,1H3. The second-order valence-electron chi connectivity index (χ2n) is 9.94. The van der Waals surface area contributed by atoms with Crippen molar-refractivity contribution in [2.24, 2.45) is 7.05 Å². The SMILES string of the molecule is Cn1c2c(c3cc(S(=O)(=O)c4ccc5[nH]ccc5c4)ccc31)C1CCC(C2)N1Cc1ccccc1. The molecule has 1 fully saturated rings. The predicted molar refractivity (Wildman–Crippen MR) is 138 cm³/mol. The van der Waals surface area contributed by atoms with Gasteiger partial charge < -0.3 is 9.55 Å². The summed E-state index contributed by atoms with van der Waals surface area (Å²) in [6.45, 7) is 0.931. The molecule has 2 bridgehead atoms. The first kappa shape index (κ1) is 21.0. The third-order valence-corrected chi connectivity index (χ3v) is 9.84. The summed E-state index contributed by atoms with van der Waals surface area (Å²) in [7, 11) is -1.50. The Hall–Kier alpha value is -3.35. The Balaban J connectivity index is 1.34. The fourth-order valence-electron chi connectivity index (χ4n) is 6.35. The highest BCUT2D eigenvalue weighted by Crippen LogP contribution is 2.48. The molecule has 3 aromatic carbocycles. The molecular formula is C29H27N3O2S. The van der Waals surface area contributed by atoms with E-state index in [4.69, 9.17) is 0 Å². The molecule has 7 rings (SSSR count). The Labute approximate surface area is 204 Å². The number of benzene rings is 3. The van der Waals surface area contributed by atoms with E-state index in [0.29, 0.717) is 21.9 Å². The predicted octanol–water partition coefficient (Wildman–Crippen LogP) is 5.75. The van der Waals surface area contributed by atoms with E-state index >= 15 is 0 Å². The van der Waals surface area contributed by atoms with Gasteiger partial charge in [-0.3, -0.25) is 4.90 Å². The molecule has 2 aliphatic heterocycles. The molecule has 2 atom stereocenters. The molecule has 176 valence electrons. The van der Waals surface area contributed by atoms with Gasteiger partial charge in [0, 0.05) is 65.8 Å². The first-order valence-electron chi connectivity index (χ1n) is 12.2. The second-order valence-corrected chi connectivity index (χ2v) is 11.9. The monoisotopic (exact) mass is 481 g/mol. The van der Waals surface area contributed by atoms with Gasteiger partial charge in [0.1, 0.15) is 0 Å². The van der Waals surface area contributed by atoms with E-state index in [1.54, 1.807) is 18.2 Å². The summed E-state index contributed by atoms with van der Waals surface area (Å²) in [5.41, 5.74) is 6.06. The van der Waals surface area contributed by atoms with E-state index in [9.17, 15) is 8.42 Å². The topological polar surface area (TPSA) is 58.1 Å². The lowest BCUT2D eigenvalue weighted by molar-refractivity contribution is 0.167. The van der Waals surface area contributed by atoms with Crippen molar-refractivity contribution < 1.29 is 8.42 Å². The minimum absolute atomic E-state index is 0.321. The third kappa shape index (κ3) is 3.13. The smallest absolute Gasteiger partial charge is 0.206 e. The van der Waals surface area contributed by atoms with Gasteiger partial charge in [0.05, 0.1) is 9.79 Å². The maximum absolute atomic E-state index is 13.7. The molecule has 1 saturated heterocycles. The number of aromatic nitrogens is 2. The highest BCUT2D eigenvalue weighted by molar-refractivity contribution is 7.91. The number of sulfone groups is 1. The van der Waals surface area contributed by atoms with E-state index in [1.165, 1.54) is 23.2 Å². The lowest BCUT2D eigenvalue weighted by Crippen LogP contribution is -2.37. The number of fused-ring (bicyclic) bond motifs is 7. The number of hydrogen-bond acceptors (Lipinski definition) is 3. The number of H-pyrrole nitrogens is 1. The van der Waals surface area contributed by atoms with Crippen LogP contribution in [0.4, 0.5) is 0 Å². The zero-order valence-electron chi connectivity index (χ0n) is 19.6. The summed E-state index contributed by atoms with van der Waals surface area (Å²) < 4.78 is 29.6. The van der Waals surface area contributed by atoms with Crippen LogP contribution in [0.5, 0.6) is 0 Å². The molecule has 2 unspecified atom stereocenters. The molecule has 6 heteroatoms. The van der Waals surface area contributed by atoms with Crippen LogP contribution in [0, 0.1) is 0 Å². The molecule has 0 radical (unpaired) electrons. The third-order valence-electron chi connectivity index (χ3n) is 8.09. The molecule has 0 amide bonds. The van der Waals surface area contributed by atoms with Crippen LogP contribution in [0.15, 0.2) is 88.8 Å². The van der Waals surface area contributed by atoms with E-state index in [1.807, 2.05) is 30.5 Å². The lowest BCUT2D eigenvalue weighted by atomic mass is 9.96. The normalized spacial score (nSPS) is 20.0. The first-order chi connectivity index (χ1) is 17.0.